The summed E-state index contributed by atoms with van der Waals surface area (Å²) in [6.45, 7) is 0.363. The Bertz CT molecular complexity index is 83.0. The zero-order valence-electron chi connectivity index (χ0n) is 5.78. The average molecular weight is 145 g/mol. The normalized spacial score (nSPS) is 8.80. The van der Waals surface area contributed by atoms with E-state index in [1.807, 2.05) is 0 Å². The summed E-state index contributed by atoms with van der Waals surface area (Å²) in [5, 5.41) is 2.23. The topological polar surface area (TPSA) is 55.7 Å². The minimum absolute atomic E-state index is 0.363. The Hall–Kier alpha value is -0.930. The van der Waals surface area contributed by atoms with Gasteiger partial charge in [-0.05, 0) is 19.3 Å². The second kappa shape index (κ2) is 8.07. The van der Waals surface area contributed by atoms with Crippen LogP contribution in [0.3, 0.4) is 0 Å². The van der Waals surface area contributed by atoms with E-state index in [2.05, 4.69) is 10.2 Å². The molecule has 0 spiro atoms. The third-order valence-electron chi connectivity index (χ3n) is 1.11. The van der Waals surface area contributed by atoms with E-state index in [1.54, 1.807) is 0 Å². The molecule has 0 aliphatic rings. The molecule has 10 heavy (non-hydrogen) atoms. The van der Waals surface area contributed by atoms with Gasteiger partial charge in [0.25, 0.3) is 0 Å². The van der Waals surface area contributed by atoms with Crippen molar-refractivity contribution in [1.29, 1.82) is 0 Å². The van der Waals surface area contributed by atoms with Gasteiger partial charge in [0.2, 0.25) is 0 Å². The Morgan fingerprint density at radius 2 is 2.10 bits per heavy atom. The third kappa shape index (κ3) is 7.07. The lowest BCUT2D eigenvalue weighted by Gasteiger charge is -1.93. The molecule has 0 aliphatic carbocycles. The minimum atomic E-state index is 0.363. The maximum Gasteiger partial charge on any atom is 0.155 e. The molecule has 58 valence electrons. The quantitative estimate of drug-likeness (QED) is 0.236. The molecule has 0 amide bonds. The van der Waals surface area contributed by atoms with Crippen molar-refractivity contribution >= 4 is 6.29 Å². The van der Waals surface area contributed by atoms with Crippen LogP contribution >= 0.6 is 0 Å². The summed E-state index contributed by atoms with van der Waals surface area (Å²) in [6, 6.07) is 0. The van der Waals surface area contributed by atoms with E-state index < -0.39 is 0 Å². The first kappa shape index (κ1) is 9.07. The number of hydrogen-bond acceptors (Lipinski definition) is 4. The van der Waals surface area contributed by atoms with Gasteiger partial charge in [-0.3, -0.25) is 0 Å². The molecule has 0 aromatic heterocycles. The molecule has 0 saturated heterocycles. The maximum absolute atomic E-state index is 9.79. The lowest BCUT2D eigenvalue weighted by Crippen LogP contribution is -1.87. The highest BCUT2D eigenvalue weighted by Gasteiger charge is 1.88. The Morgan fingerprint density at radius 3 is 2.70 bits per heavy atom. The van der Waals surface area contributed by atoms with Gasteiger partial charge in [-0.1, -0.05) is 0 Å². The van der Waals surface area contributed by atoms with Crippen molar-refractivity contribution in [3.63, 3.8) is 0 Å². The van der Waals surface area contributed by atoms with Crippen LogP contribution < -0.4 is 0 Å². The number of carbonyl (C=O) groups excluding carboxylic acids is 1. The first-order chi connectivity index (χ1) is 4.91. The number of unbranched alkanes of at least 4 members (excludes halogenated alkanes) is 3. The summed E-state index contributed by atoms with van der Waals surface area (Å²) in [5.41, 5.74) is 0. The van der Waals surface area contributed by atoms with E-state index in [1.165, 1.54) is 0 Å². The van der Waals surface area contributed by atoms with Gasteiger partial charge in [0.1, 0.15) is 12.9 Å². The Morgan fingerprint density at radius 1 is 1.30 bits per heavy atom. The van der Waals surface area contributed by atoms with Crippen LogP contribution in [0, 0.1) is 4.91 Å². The molecule has 0 bridgehead atoms. The number of carbonyl (C=O) groups is 1. The zero-order chi connectivity index (χ0) is 7.66. The number of rotatable bonds is 7. The van der Waals surface area contributed by atoms with Crippen LogP contribution in [-0.2, 0) is 9.63 Å². The van der Waals surface area contributed by atoms with Gasteiger partial charge in [-0.25, -0.2) is 0 Å². The highest BCUT2D eigenvalue weighted by Crippen LogP contribution is 1.97. The van der Waals surface area contributed by atoms with Gasteiger partial charge >= 0.3 is 0 Å². The number of aldehydes is 1. The summed E-state index contributed by atoms with van der Waals surface area (Å²) in [5.74, 6) is 0. The first-order valence-corrected chi connectivity index (χ1v) is 3.30. The summed E-state index contributed by atoms with van der Waals surface area (Å²) < 4.78 is 0. The van der Waals surface area contributed by atoms with Gasteiger partial charge in [-0.15, -0.1) is 4.91 Å². The van der Waals surface area contributed by atoms with Gasteiger partial charge in [-0.2, -0.15) is 0 Å². The van der Waals surface area contributed by atoms with Gasteiger partial charge < -0.3 is 9.63 Å². The molecule has 0 heterocycles. The predicted octanol–water partition coefficient (Wildman–Crippen LogP) is 1.44. The molecule has 0 unspecified atom stereocenters. The third-order valence-corrected chi connectivity index (χ3v) is 1.11. The average Bonchev–Trinajstić information content (AvgIpc) is 1.97. The summed E-state index contributed by atoms with van der Waals surface area (Å²) in [7, 11) is 0. The van der Waals surface area contributed by atoms with Crippen LogP contribution in [0.1, 0.15) is 25.7 Å². The van der Waals surface area contributed by atoms with E-state index in [-0.39, 0.29) is 0 Å². The summed E-state index contributed by atoms with van der Waals surface area (Å²) >= 11 is 0. The van der Waals surface area contributed by atoms with E-state index in [0.29, 0.717) is 13.0 Å². The molecule has 0 aromatic carbocycles. The molecule has 4 nitrogen and oxygen atoms in total. The molecule has 0 rings (SSSR count). The zero-order valence-corrected chi connectivity index (χ0v) is 5.78. The second-order valence-electron chi connectivity index (χ2n) is 1.92. The monoisotopic (exact) mass is 145 g/mol. The number of nitrogens with zero attached hydrogens (tertiary/aromatic N) is 1. The van der Waals surface area contributed by atoms with Crippen molar-refractivity contribution in [3.05, 3.63) is 4.91 Å². The molecule has 0 atom stereocenters. The smallest absolute Gasteiger partial charge is 0.155 e. The molecular formula is C6H11NO3. The van der Waals surface area contributed by atoms with Crippen LogP contribution in [0.15, 0.2) is 5.34 Å². The van der Waals surface area contributed by atoms with Gasteiger partial charge in [0.15, 0.2) is 5.34 Å². The standard InChI is InChI=1S/C6H11NO3/c8-5-3-1-2-4-6-10-7-9/h5H,1-4,6H2. The van der Waals surface area contributed by atoms with Crippen LogP contribution in [-0.4, -0.2) is 12.9 Å². The van der Waals surface area contributed by atoms with E-state index in [4.69, 9.17) is 0 Å². The first-order valence-electron chi connectivity index (χ1n) is 3.30. The molecule has 4 heteroatoms. The van der Waals surface area contributed by atoms with Crippen LogP contribution in [0.5, 0.6) is 0 Å². The molecule has 0 aromatic rings. The largest absolute Gasteiger partial charge is 0.364 e. The number of hydrogen-bond donors (Lipinski definition) is 0. The fourth-order valence-electron chi connectivity index (χ4n) is 0.608. The Labute approximate surface area is 59.5 Å². The van der Waals surface area contributed by atoms with Crippen LogP contribution in [0.4, 0.5) is 0 Å². The lowest BCUT2D eigenvalue weighted by atomic mass is 10.2. The maximum atomic E-state index is 9.79. The minimum Gasteiger partial charge on any atom is -0.364 e. The molecule has 0 radical (unpaired) electrons. The van der Waals surface area contributed by atoms with Crippen molar-refractivity contribution in [2.75, 3.05) is 6.61 Å². The van der Waals surface area contributed by atoms with E-state index in [0.717, 1.165) is 25.5 Å². The molecule has 0 saturated carbocycles. The van der Waals surface area contributed by atoms with E-state index >= 15 is 0 Å². The lowest BCUT2D eigenvalue weighted by molar-refractivity contribution is -0.107. The Kier molecular flexibility index (Phi) is 7.32. The molecule has 0 N–H and O–H groups in total. The predicted molar refractivity (Wildman–Crippen MR) is 36.3 cm³/mol. The Balaban J connectivity index is 2.76. The second-order valence-corrected chi connectivity index (χ2v) is 1.92. The molecule has 0 fully saturated rings. The highest BCUT2D eigenvalue weighted by atomic mass is 16.7. The molecular weight excluding hydrogens is 134 g/mol. The van der Waals surface area contributed by atoms with Crippen molar-refractivity contribution in [1.82, 2.24) is 0 Å². The van der Waals surface area contributed by atoms with Crippen LogP contribution in [0.2, 0.25) is 0 Å². The highest BCUT2D eigenvalue weighted by molar-refractivity contribution is 5.48. The van der Waals surface area contributed by atoms with Crippen molar-refractivity contribution < 1.29 is 9.63 Å². The van der Waals surface area contributed by atoms with Crippen molar-refractivity contribution in [2.24, 2.45) is 5.34 Å². The van der Waals surface area contributed by atoms with E-state index in [9.17, 15) is 9.70 Å². The van der Waals surface area contributed by atoms with Gasteiger partial charge in [0.05, 0.1) is 0 Å². The fourth-order valence-corrected chi connectivity index (χ4v) is 0.608. The van der Waals surface area contributed by atoms with Crippen molar-refractivity contribution in [3.8, 4) is 0 Å². The van der Waals surface area contributed by atoms with Crippen LogP contribution in [0.25, 0.3) is 0 Å². The van der Waals surface area contributed by atoms with Crippen molar-refractivity contribution in [2.45, 2.75) is 25.7 Å². The fraction of sp³-hybridized carbons (Fsp3) is 0.833. The van der Waals surface area contributed by atoms with Gasteiger partial charge in [0, 0.05) is 6.42 Å². The summed E-state index contributed by atoms with van der Waals surface area (Å²) in [6.07, 6.45) is 4.05. The SMILES string of the molecule is O=CCCCCCON=O. The molecule has 0 aliphatic heterocycles. The summed E-state index contributed by atoms with van der Waals surface area (Å²) in [4.78, 5) is 23.4.